The van der Waals surface area contributed by atoms with Crippen LogP contribution in [-0.2, 0) is 23.1 Å². The highest BCUT2D eigenvalue weighted by Crippen LogP contribution is 2.62. The molecule has 3 aliphatic carbocycles. The molecule has 2 unspecified atom stereocenters. The van der Waals surface area contributed by atoms with Gasteiger partial charge in [-0.25, -0.2) is 0 Å². The molecular formula is C36H34N2O5. The van der Waals surface area contributed by atoms with Gasteiger partial charge in [-0.1, -0.05) is 54.6 Å². The molecule has 3 aromatic rings. The average molecular weight is 575 g/mol. The van der Waals surface area contributed by atoms with E-state index in [1.807, 2.05) is 48.5 Å². The summed E-state index contributed by atoms with van der Waals surface area (Å²) >= 11 is 0. The number of carbonyl (C=O) groups is 3. The number of aldehydes is 1. The number of hydrogen-bond acceptors (Lipinski definition) is 6. The van der Waals surface area contributed by atoms with Crippen LogP contribution in [0.1, 0.15) is 56.7 Å². The summed E-state index contributed by atoms with van der Waals surface area (Å²) < 4.78 is 6.41. The molecule has 0 radical (unpaired) electrons. The van der Waals surface area contributed by atoms with Gasteiger partial charge in [0.2, 0.25) is 0 Å². The van der Waals surface area contributed by atoms with E-state index in [0.29, 0.717) is 48.6 Å². The zero-order valence-electron chi connectivity index (χ0n) is 23.9. The van der Waals surface area contributed by atoms with Crippen molar-refractivity contribution < 1.29 is 24.2 Å². The number of benzene rings is 3. The standard InChI is InChI=1S/C36H34N2O5/c39-21-24-5-9-26(10-6-24)25-7-3-22(4-8-25)14-17-37-34(41)28-12-11-27-19-30-36(42)15-13-29(40)33-35(36,31(27)32(28)43-33)16-18-38(30)20-23-1-2-23/h3-13,15,21,23,30,33,42H,1-2,14,16-20H2,(H,37,41)/t30?,33-,35?,36+/m0/s1. The zero-order chi connectivity index (χ0) is 29.3. The molecule has 4 atom stereocenters. The van der Waals surface area contributed by atoms with Gasteiger partial charge in [0.15, 0.2) is 11.9 Å². The van der Waals surface area contributed by atoms with Gasteiger partial charge in [-0.3, -0.25) is 19.3 Å². The minimum absolute atomic E-state index is 0.113. The summed E-state index contributed by atoms with van der Waals surface area (Å²) in [6, 6.07) is 19.4. The van der Waals surface area contributed by atoms with Crippen LogP contribution in [-0.4, -0.2) is 65.4 Å². The lowest BCUT2D eigenvalue weighted by Gasteiger charge is -2.60. The molecule has 7 heteroatoms. The molecule has 2 heterocycles. The van der Waals surface area contributed by atoms with Crippen molar-refractivity contribution in [2.75, 3.05) is 19.6 Å². The number of carbonyl (C=O) groups excluding carboxylic acids is 3. The fourth-order valence-electron chi connectivity index (χ4n) is 8.09. The van der Waals surface area contributed by atoms with Crippen LogP contribution in [0.5, 0.6) is 5.75 Å². The molecule has 218 valence electrons. The molecule has 7 nitrogen and oxygen atoms in total. The van der Waals surface area contributed by atoms with E-state index in [0.717, 1.165) is 47.2 Å². The van der Waals surface area contributed by atoms with Gasteiger partial charge in [-0.05, 0) is 85.0 Å². The lowest BCUT2D eigenvalue weighted by Crippen LogP contribution is -2.75. The van der Waals surface area contributed by atoms with Crippen molar-refractivity contribution in [3.63, 3.8) is 0 Å². The van der Waals surface area contributed by atoms with Gasteiger partial charge >= 0.3 is 0 Å². The summed E-state index contributed by atoms with van der Waals surface area (Å²) in [6.45, 7) is 2.23. The second-order valence-corrected chi connectivity index (χ2v) is 12.9. The third-order valence-corrected chi connectivity index (χ3v) is 10.5. The van der Waals surface area contributed by atoms with Gasteiger partial charge in [0.25, 0.3) is 5.91 Å². The molecule has 43 heavy (non-hydrogen) atoms. The number of nitrogens with zero attached hydrogens (tertiary/aromatic N) is 1. The molecule has 8 rings (SSSR count). The normalized spacial score (nSPS) is 28.3. The number of nitrogens with one attached hydrogen (secondary N) is 1. The van der Waals surface area contributed by atoms with Crippen LogP contribution in [0.3, 0.4) is 0 Å². The van der Waals surface area contributed by atoms with Crippen LogP contribution < -0.4 is 10.1 Å². The van der Waals surface area contributed by atoms with Gasteiger partial charge in [0.05, 0.1) is 11.0 Å². The number of likely N-dealkylation sites (tertiary alicyclic amines) is 1. The SMILES string of the molecule is O=Cc1ccc(-c2ccc(CCNC(=O)c3ccc4c5c3O[C@H]3C(=O)C=C[C@@]6(O)C(C4)N(CC4CC4)CCC536)cc2)cc1. The third kappa shape index (κ3) is 3.98. The Labute approximate surface area is 250 Å². The Morgan fingerprint density at radius 1 is 1.05 bits per heavy atom. The first-order valence-corrected chi connectivity index (χ1v) is 15.4. The molecule has 3 aromatic carbocycles. The monoisotopic (exact) mass is 574 g/mol. The van der Waals surface area contributed by atoms with Crippen molar-refractivity contribution in [2.45, 2.75) is 55.3 Å². The highest BCUT2D eigenvalue weighted by Gasteiger charge is 2.72. The maximum absolute atomic E-state index is 13.5. The third-order valence-electron chi connectivity index (χ3n) is 10.5. The number of amides is 1. The summed E-state index contributed by atoms with van der Waals surface area (Å²) in [5.41, 5.74) is 4.13. The fourth-order valence-corrected chi connectivity index (χ4v) is 8.09. The van der Waals surface area contributed by atoms with E-state index in [2.05, 4.69) is 10.2 Å². The molecule has 2 fully saturated rings. The van der Waals surface area contributed by atoms with Crippen LogP contribution in [0.2, 0.25) is 0 Å². The van der Waals surface area contributed by atoms with E-state index in [1.54, 1.807) is 18.2 Å². The predicted octanol–water partition coefficient (Wildman–Crippen LogP) is 4.05. The summed E-state index contributed by atoms with van der Waals surface area (Å²) in [6.07, 6.45) is 7.69. The van der Waals surface area contributed by atoms with Gasteiger partial charge < -0.3 is 15.2 Å². The topological polar surface area (TPSA) is 95.9 Å². The smallest absolute Gasteiger partial charge is 0.255 e. The van der Waals surface area contributed by atoms with Crippen LogP contribution in [0.15, 0.2) is 72.8 Å². The highest BCUT2D eigenvalue weighted by molar-refractivity contribution is 6.02. The van der Waals surface area contributed by atoms with Crippen LogP contribution in [0.4, 0.5) is 0 Å². The number of ether oxygens (including phenoxy) is 1. The van der Waals surface area contributed by atoms with Crippen LogP contribution >= 0.6 is 0 Å². The molecule has 2 bridgehead atoms. The van der Waals surface area contributed by atoms with Gasteiger partial charge in [-0.2, -0.15) is 0 Å². The lowest BCUT2D eigenvalue weighted by atomic mass is 9.50. The Balaban J connectivity index is 1.02. The predicted molar refractivity (Wildman–Crippen MR) is 161 cm³/mol. The van der Waals surface area contributed by atoms with E-state index >= 15 is 0 Å². The second kappa shape index (κ2) is 9.73. The van der Waals surface area contributed by atoms with E-state index in [1.165, 1.54) is 18.9 Å². The van der Waals surface area contributed by atoms with Crippen LogP contribution in [0.25, 0.3) is 11.1 Å². The van der Waals surface area contributed by atoms with Crippen molar-refractivity contribution in [3.8, 4) is 16.9 Å². The second-order valence-electron chi connectivity index (χ2n) is 12.9. The number of ketones is 1. The maximum atomic E-state index is 13.5. The van der Waals surface area contributed by atoms with Gasteiger partial charge in [-0.15, -0.1) is 0 Å². The zero-order valence-corrected chi connectivity index (χ0v) is 23.9. The Morgan fingerprint density at radius 3 is 2.51 bits per heavy atom. The van der Waals surface area contributed by atoms with Gasteiger partial charge in [0, 0.05) is 30.3 Å². The fraction of sp³-hybridized carbons (Fsp3) is 0.361. The van der Waals surface area contributed by atoms with Gasteiger partial charge in [0.1, 0.15) is 17.6 Å². The summed E-state index contributed by atoms with van der Waals surface area (Å²) in [5.74, 6) is 0.786. The molecule has 1 saturated carbocycles. The van der Waals surface area contributed by atoms with Crippen molar-refractivity contribution >= 4 is 18.0 Å². The number of aliphatic hydroxyl groups is 1. The van der Waals surface area contributed by atoms with Crippen molar-refractivity contribution in [1.29, 1.82) is 0 Å². The summed E-state index contributed by atoms with van der Waals surface area (Å²) in [7, 11) is 0. The van der Waals surface area contributed by atoms with Crippen molar-refractivity contribution in [2.24, 2.45) is 5.92 Å². The Bertz CT molecular complexity index is 1670. The molecule has 5 aliphatic rings. The minimum Gasteiger partial charge on any atom is -0.480 e. The van der Waals surface area contributed by atoms with E-state index in [9.17, 15) is 19.5 Å². The minimum atomic E-state index is -1.21. The first-order valence-electron chi connectivity index (χ1n) is 15.4. The lowest BCUT2D eigenvalue weighted by molar-refractivity contribution is -0.155. The average Bonchev–Trinajstić information content (AvgIpc) is 3.77. The van der Waals surface area contributed by atoms with Crippen molar-refractivity contribution in [1.82, 2.24) is 10.2 Å². The Morgan fingerprint density at radius 2 is 1.79 bits per heavy atom. The Hall–Kier alpha value is -4.07. The van der Waals surface area contributed by atoms with E-state index in [-0.39, 0.29) is 17.7 Å². The molecule has 1 amide bonds. The van der Waals surface area contributed by atoms with Crippen LogP contribution in [0, 0.1) is 5.92 Å². The Kier molecular flexibility index (Phi) is 6.01. The van der Waals surface area contributed by atoms with E-state index in [4.69, 9.17) is 4.74 Å². The molecule has 0 aromatic heterocycles. The quantitative estimate of drug-likeness (QED) is 0.395. The molecule has 1 spiro atoms. The first kappa shape index (κ1) is 26.5. The largest absolute Gasteiger partial charge is 0.480 e. The number of rotatable bonds is 8. The summed E-state index contributed by atoms with van der Waals surface area (Å²) in [5, 5.41) is 15.4. The molecule has 2 N–H and O–H groups in total. The maximum Gasteiger partial charge on any atom is 0.255 e. The highest BCUT2D eigenvalue weighted by atomic mass is 16.5. The molecular weight excluding hydrogens is 540 g/mol. The number of piperidine rings is 1. The molecule has 2 aliphatic heterocycles. The number of hydrogen-bond donors (Lipinski definition) is 2. The van der Waals surface area contributed by atoms with E-state index < -0.39 is 17.1 Å². The molecule has 1 saturated heterocycles. The first-order chi connectivity index (χ1) is 20.9. The van der Waals surface area contributed by atoms with Crippen molar-refractivity contribution in [3.05, 3.63) is 101 Å². The summed E-state index contributed by atoms with van der Waals surface area (Å²) in [4.78, 5) is 40.1.